The Kier molecular flexibility index (Phi) is 5.33. The average Bonchev–Trinajstić information content (AvgIpc) is 3.18. The van der Waals surface area contributed by atoms with Gasteiger partial charge in [-0.05, 0) is 36.4 Å². The van der Waals surface area contributed by atoms with Crippen LogP contribution in [0.25, 0.3) is 10.1 Å². The number of likely N-dealkylation sites (tertiary alicyclic amines) is 1. The maximum Gasteiger partial charge on any atom is 0.250 e. The largest absolute Gasteiger partial charge is 0.383 e. The second kappa shape index (κ2) is 7.27. The van der Waals surface area contributed by atoms with E-state index in [0.717, 1.165) is 42.7 Å². The number of thiophene rings is 1. The summed E-state index contributed by atoms with van der Waals surface area (Å²) in [5, 5.41) is 0.976. The number of hydrogen-bond donors (Lipinski definition) is 1. The van der Waals surface area contributed by atoms with E-state index >= 15 is 0 Å². The molecule has 0 bridgehead atoms. The molecular weight excluding hydrogens is 332 g/mol. The number of rotatable bonds is 7. The van der Waals surface area contributed by atoms with Crippen LogP contribution in [0.2, 0.25) is 0 Å². The third-order valence-electron chi connectivity index (χ3n) is 4.21. The lowest BCUT2D eigenvalue weighted by Gasteiger charge is -2.15. The summed E-state index contributed by atoms with van der Waals surface area (Å²) in [6, 6.07) is 9.49. The van der Waals surface area contributed by atoms with E-state index < -0.39 is 10.0 Å². The summed E-state index contributed by atoms with van der Waals surface area (Å²) in [5.74, 6) is 0.371. The average molecular weight is 354 g/mol. The molecule has 1 aromatic carbocycles. The maximum atomic E-state index is 12.5. The molecule has 1 saturated heterocycles. The van der Waals surface area contributed by atoms with E-state index in [1.807, 2.05) is 24.3 Å². The summed E-state index contributed by atoms with van der Waals surface area (Å²) in [5.41, 5.74) is 0. The number of ether oxygens (including phenoxy) is 1. The van der Waals surface area contributed by atoms with Crippen molar-refractivity contribution in [3.8, 4) is 0 Å². The molecule has 1 atom stereocenters. The molecule has 0 aliphatic carbocycles. The van der Waals surface area contributed by atoms with Gasteiger partial charge < -0.3 is 9.64 Å². The smallest absolute Gasteiger partial charge is 0.250 e. The molecule has 0 spiro atoms. The van der Waals surface area contributed by atoms with Crippen LogP contribution in [0.1, 0.15) is 6.42 Å². The second-order valence-corrected chi connectivity index (χ2v) is 8.98. The molecule has 7 heteroatoms. The molecule has 1 aromatic heterocycles. The molecule has 2 aromatic rings. The molecular formula is C16H22N2O3S2. The Morgan fingerprint density at radius 3 is 3.00 bits per heavy atom. The quantitative estimate of drug-likeness (QED) is 0.828. The van der Waals surface area contributed by atoms with Crippen LogP contribution in [-0.2, 0) is 14.8 Å². The van der Waals surface area contributed by atoms with E-state index in [1.54, 1.807) is 13.2 Å². The highest BCUT2D eigenvalue weighted by molar-refractivity contribution is 7.91. The molecule has 0 radical (unpaired) electrons. The van der Waals surface area contributed by atoms with Gasteiger partial charge in [-0.3, -0.25) is 0 Å². The first-order valence-corrected chi connectivity index (χ1v) is 10.1. The monoisotopic (exact) mass is 354 g/mol. The molecule has 1 fully saturated rings. The van der Waals surface area contributed by atoms with E-state index in [9.17, 15) is 8.42 Å². The lowest BCUT2D eigenvalue weighted by Crippen LogP contribution is -2.31. The maximum absolute atomic E-state index is 12.5. The van der Waals surface area contributed by atoms with Crippen molar-refractivity contribution in [1.82, 2.24) is 9.62 Å². The first-order valence-electron chi connectivity index (χ1n) is 7.78. The molecule has 23 heavy (non-hydrogen) atoms. The molecule has 1 N–H and O–H groups in total. The highest BCUT2D eigenvalue weighted by atomic mass is 32.2. The van der Waals surface area contributed by atoms with Gasteiger partial charge in [0.15, 0.2) is 0 Å². The summed E-state index contributed by atoms with van der Waals surface area (Å²) in [6.07, 6.45) is 1.03. The Morgan fingerprint density at radius 2 is 2.22 bits per heavy atom. The zero-order valence-electron chi connectivity index (χ0n) is 13.2. The molecule has 126 valence electrons. The van der Waals surface area contributed by atoms with Gasteiger partial charge >= 0.3 is 0 Å². The number of nitrogens with zero attached hydrogens (tertiary/aromatic N) is 1. The topological polar surface area (TPSA) is 58.6 Å². The van der Waals surface area contributed by atoms with Gasteiger partial charge in [0, 0.05) is 31.4 Å². The summed E-state index contributed by atoms with van der Waals surface area (Å²) in [4.78, 5) is 2.32. The lowest BCUT2D eigenvalue weighted by atomic mass is 10.1. The zero-order valence-corrected chi connectivity index (χ0v) is 14.8. The number of fused-ring (bicyclic) bond motifs is 1. The van der Waals surface area contributed by atoms with E-state index in [4.69, 9.17) is 4.74 Å². The number of methoxy groups -OCH3 is 1. The Bertz CT molecular complexity index is 725. The van der Waals surface area contributed by atoms with E-state index in [0.29, 0.717) is 16.7 Å². The van der Waals surface area contributed by atoms with Gasteiger partial charge in [0.05, 0.1) is 6.61 Å². The van der Waals surface area contributed by atoms with Crippen molar-refractivity contribution in [3.63, 3.8) is 0 Å². The van der Waals surface area contributed by atoms with Crippen molar-refractivity contribution in [2.75, 3.05) is 39.9 Å². The van der Waals surface area contributed by atoms with Crippen LogP contribution in [0.3, 0.4) is 0 Å². The highest BCUT2D eigenvalue weighted by Crippen LogP contribution is 2.28. The van der Waals surface area contributed by atoms with Crippen molar-refractivity contribution < 1.29 is 13.2 Å². The second-order valence-electron chi connectivity index (χ2n) is 5.90. The van der Waals surface area contributed by atoms with Crippen LogP contribution in [0, 0.1) is 5.92 Å². The van der Waals surface area contributed by atoms with Crippen molar-refractivity contribution in [1.29, 1.82) is 0 Å². The minimum atomic E-state index is -3.42. The van der Waals surface area contributed by atoms with E-state index in [2.05, 4.69) is 9.62 Å². The van der Waals surface area contributed by atoms with Crippen LogP contribution >= 0.6 is 11.3 Å². The fourth-order valence-corrected chi connectivity index (χ4v) is 5.45. The van der Waals surface area contributed by atoms with Crippen LogP contribution < -0.4 is 4.72 Å². The molecule has 1 aliphatic heterocycles. The van der Waals surface area contributed by atoms with Gasteiger partial charge in [-0.25, -0.2) is 13.1 Å². The Labute approximate surface area is 141 Å². The van der Waals surface area contributed by atoms with E-state index in [-0.39, 0.29) is 0 Å². The molecule has 3 rings (SSSR count). The number of hydrogen-bond acceptors (Lipinski definition) is 5. The molecule has 1 aliphatic rings. The molecule has 0 saturated carbocycles. The molecule has 0 unspecified atom stereocenters. The van der Waals surface area contributed by atoms with Gasteiger partial charge in [-0.15, -0.1) is 11.3 Å². The molecule has 0 amide bonds. The minimum absolute atomic E-state index is 0.371. The fourth-order valence-electron chi connectivity index (χ4n) is 2.89. The normalized spacial score (nSPS) is 19.6. The predicted octanol–water partition coefficient (Wildman–Crippen LogP) is 2.15. The highest BCUT2D eigenvalue weighted by Gasteiger charge is 2.25. The number of sulfonamides is 1. The summed E-state index contributed by atoms with van der Waals surface area (Å²) in [6.45, 7) is 4.08. The number of nitrogens with one attached hydrogen (secondary N) is 1. The van der Waals surface area contributed by atoms with Gasteiger partial charge in [0.2, 0.25) is 10.0 Å². The summed E-state index contributed by atoms with van der Waals surface area (Å²) in [7, 11) is -1.72. The molecule has 2 heterocycles. The van der Waals surface area contributed by atoms with Crippen molar-refractivity contribution in [3.05, 3.63) is 30.3 Å². The van der Waals surface area contributed by atoms with Gasteiger partial charge in [0.25, 0.3) is 0 Å². The van der Waals surface area contributed by atoms with E-state index in [1.165, 1.54) is 11.3 Å². The van der Waals surface area contributed by atoms with Gasteiger partial charge in [-0.1, -0.05) is 18.2 Å². The first-order chi connectivity index (χ1) is 11.1. The third-order valence-corrected chi connectivity index (χ3v) is 7.22. The SMILES string of the molecule is COCCN1CC[C@@H](CNS(=O)(=O)c2cc3ccccc3s2)C1. The minimum Gasteiger partial charge on any atom is -0.383 e. The van der Waals surface area contributed by atoms with Crippen molar-refractivity contribution in [2.45, 2.75) is 10.6 Å². The van der Waals surface area contributed by atoms with Crippen LogP contribution in [0.4, 0.5) is 0 Å². The molecule has 5 nitrogen and oxygen atoms in total. The Hall–Kier alpha value is -0.990. The first kappa shape index (κ1) is 16.9. The van der Waals surface area contributed by atoms with Crippen LogP contribution in [-0.4, -0.2) is 53.2 Å². The number of benzene rings is 1. The van der Waals surface area contributed by atoms with Crippen molar-refractivity contribution in [2.24, 2.45) is 5.92 Å². The third kappa shape index (κ3) is 4.10. The fraction of sp³-hybridized carbons (Fsp3) is 0.500. The zero-order chi connectivity index (χ0) is 16.3. The predicted molar refractivity (Wildman–Crippen MR) is 93.4 cm³/mol. The van der Waals surface area contributed by atoms with Crippen molar-refractivity contribution >= 4 is 31.4 Å². The summed E-state index contributed by atoms with van der Waals surface area (Å²) < 4.78 is 34.2. The van der Waals surface area contributed by atoms with Gasteiger partial charge in [-0.2, -0.15) is 0 Å². The lowest BCUT2D eigenvalue weighted by molar-refractivity contribution is 0.159. The van der Waals surface area contributed by atoms with Crippen LogP contribution in [0.15, 0.2) is 34.5 Å². The standard InChI is InChI=1S/C16H22N2O3S2/c1-21-9-8-18-7-6-13(12-18)11-17-23(19,20)16-10-14-4-2-3-5-15(14)22-16/h2-5,10,13,17H,6-9,11-12H2,1H3/t13-/m0/s1. The summed E-state index contributed by atoms with van der Waals surface area (Å²) >= 11 is 1.32. The Balaban J connectivity index is 1.59. The van der Waals surface area contributed by atoms with Gasteiger partial charge in [0.1, 0.15) is 4.21 Å². The Morgan fingerprint density at radius 1 is 1.39 bits per heavy atom. The van der Waals surface area contributed by atoms with Crippen LogP contribution in [0.5, 0.6) is 0 Å².